The lowest BCUT2D eigenvalue weighted by Gasteiger charge is -2.05. The number of nitrogens with zero attached hydrogens (tertiary/aromatic N) is 24. The van der Waals surface area contributed by atoms with Gasteiger partial charge in [-0.25, -0.2) is 78.3 Å². The summed E-state index contributed by atoms with van der Waals surface area (Å²) in [6, 6.07) is 0. The van der Waals surface area contributed by atoms with E-state index >= 15 is 0 Å². The summed E-state index contributed by atoms with van der Waals surface area (Å²) in [7, 11) is 15.2. The Balaban J connectivity index is 0.000000160. The zero-order chi connectivity index (χ0) is 92.7. The van der Waals surface area contributed by atoms with Crippen LogP contribution in [0.3, 0.4) is 0 Å². The molecule has 0 bridgehead atoms. The summed E-state index contributed by atoms with van der Waals surface area (Å²) in [6.07, 6.45) is 7.58. The minimum absolute atomic E-state index is 0.0433. The molecule has 0 amide bonds. The summed E-state index contributed by atoms with van der Waals surface area (Å²) in [4.78, 5) is 216. The highest BCUT2D eigenvalue weighted by molar-refractivity contribution is 5.77. The number of hydrogen-bond acceptors (Lipinski definition) is 24. The summed E-state index contributed by atoms with van der Waals surface area (Å²) in [6.45, 7) is -13.3. The molecule has 0 fully saturated rings. The predicted octanol–water partition coefficient (Wildman–Crippen LogP) is -5.26. The van der Waals surface area contributed by atoms with Crippen LogP contribution in [0.15, 0.2) is 117 Å². The second kappa shape index (κ2) is 29.6. The highest BCUT2D eigenvalue weighted by Crippen LogP contribution is 2.23. The second-order valence-electron chi connectivity index (χ2n) is 22.8. The van der Waals surface area contributed by atoms with Gasteiger partial charge < -0.3 is 0 Å². The number of aliphatic imine (C=N–C) groups is 8. The van der Waals surface area contributed by atoms with E-state index in [0.717, 1.165) is 36.5 Å². The first-order chi connectivity index (χ1) is 56.6. The SMILES string of the molecule is Cn1c2c(c(=O)n(C)c1=O)CC=N2.[2H]C([2H])([2H])n1c2c(c(=O)n(C)c1=O)CC=N2.[2H]C([2H])([2H])n1c2c(c(=O)n(C)c1=O)CC=N2.[2H]C1=Nc2c(c(=O)n(C)c(=O)n2C([2H])([2H])[2H])C1.[2H]C1=Nc2c(c(=O)n(C)c(=O)n2C([2H])([2H])[2H])C1.[2H]C1=Nc2c(c(=O)n(C)c(=O)n2C)C1.[2H]C1=Nc2c(c(=O)n(C)c(=O)n2C)C1.[2H][13C]([2H])([2H])n1c2c(c(=O)n(C)c1=O)CC=N2. The molecular weight excluding hydrogens is 1360 g/mol. The fraction of sp³-hybridized carbons (Fsp3) is 0.375. The Morgan fingerprint density at radius 2 is 0.346 bits per heavy atom. The lowest BCUT2D eigenvalue weighted by molar-refractivity contribution is 0.682. The van der Waals surface area contributed by atoms with Crippen molar-refractivity contribution in [2.75, 3.05) is 0 Å². The maximum atomic E-state index is 11.7. The first-order valence-corrected chi connectivity index (χ1v) is 30.1. The van der Waals surface area contributed by atoms with Gasteiger partial charge in [-0.2, -0.15) is 0 Å². The maximum Gasteiger partial charge on any atom is 0.332 e. The molecule has 16 heterocycles. The Bertz CT molecular complexity index is 6750. The second-order valence-corrected chi connectivity index (χ2v) is 22.8. The monoisotopic (exact) mass is 1450 g/mol. The van der Waals surface area contributed by atoms with E-state index in [0.29, 0.717) is 63.4 Å². The average Bonchev–Trinajstić information content (AvgIpc) is 1.69. The van der Waals surface area contributed by atoms with E-state index in [4.69, 9.17) is 26.0 Å². The Labute approximate surface area is 609 Å². The van der Waals surface area contributed by atoms with Crippen molar-refractivity contribution < 1.29 is 26.0 Å². The average molecular weight is 1450 g/mol. The van der Waals surface area contributed by atoms with Crippen molar-refractivity contribution in [3.05, 3.63) is 211 Å². The van der Waals surface area contributed by atoms with E-state index < -0.39 is 103 Å². The third kappa shape index (κ3) is 13.3. The van der Waals surface area contributed by atoms with E-state index in [-0.39, 0.29) is 149 Å². The Morgan fingerprint density at radius 3 is 0.519 bits per heavy atom. The summed E-state index contributed by atoms with van der Waals surface area (Å²) in [5.41, 5.74) is -6.92. The molecular formula is C64H72N24O16. The largest absolute Gasteiger partial charge is 0.332 e. The van der Waals surface area contributed by atoms with Gasteiger partial charge in [0.25, 0.3) is 44.5 Å². The van der Waals surface area contributed by atoms with Crippen molar-refractivity contribution in [1.29, 1.82) is 0 Å². The van der Waals surface area contributed by atoms with Gasteiger partial charge in [0.1, 0.15) is 46.5 Å². The molecule has 0 spiro atoms. The number of rotatable bonds is 0. The molecule has 8 aliphatic heterocycles. The first kappa shape index (κ1) is 52.8. The number of aromatic nitrogens is 16. The van der Waals surface area contributed by atoms with Crippen LogP contribution in [-0.4, -0.2) is 123 Å². The summed E-state index contributed by atoms with van der Waals surface area (Å²) >= 11 is 0. The highest BCUT2D eigenvalue weighted by Gasteiger charge is 2.24. The number of hydrogen-bond donors (Lipinski definition) is 0. The summed E-state index contributed by atoms with van der Waals surface area (Å²) in [5.74, 6) is 0.555. The van der Waals surface area contributed by atoms with Crippen LogP contribution in [0.5, 0.6) is 0 Å². The molecule has 0 N–H and O–H groups in total. The van der Waals surface area contributed by atoms with Gasteiger partial charge in [0.2, 0.25) is 0 Å². The molecule has 8 aromatic heterocycles. The Hall–Kier alpha value is -13.2. The quantitative estimate of drug-likeness (QED) is 0.128. The molecule has 0 aromatic carbocycles. The molecule has 8 aromatic rings. The van der Waals surface area contributed by atoms with E-state index in [1.807, 2.05) is 0 Å². The number of fused-ring (bicyclic) bond motifs is 8. The maximum absolute atomic E-state index is 11.7. The molecule has 0 saturated carbocycles. The van der Waals surface area contributed by atoms with Crippen molar-refractivity contribution >= 4 is 96.2 Å². The highest BCUT2D eigenvalue weighted by atomic mass is 16.2. The molecule has 8 aliphatic rings. The molecule has 0 radical (unpaired) electrons. The van der Waals surface area contributed by atoms with Gasteiger partial charge in [0.15, 0.2) is 0 Å². The van der Waals surface area contributed by atoms with Gasteiger partial charge in [-0.3, -0.25) is 111 Å². The fourth-order valence-electron chi connectivity index (χ4n) is 10.6. The summed E-state index contributed by atoms with van der Waals surface area (Å²) < 4.78 is 152. The van der Waals surface area contributed by atoms with Crippen LogP contribution in [0.1, 0.15) is 70.6 Å². The molecule has 40 heteroatoms. The smallest absolute Gasteiger partial charge is 0.281 e. The van der Waals surface area contributed by atoms with Gasteiger partial charge in [0.05, 0.1) is 50.0 Å². The summed E-state index contributed by atoms with van der Waals surface area (Å²) in [5, 5.41) is 0. The van der Waals surface area contributed by atoms with Crippen LogP contribution in [0.2, 0.25) is 0 Å². The minimum atomic E-state index is -2.72. The lowest BCUT2D eigenvalue weighted by Crippen LogP contribution is -2.38. The fourth-order valence-corrected chi connectivity index (χ4v) is 10.6. The van der Waals surface area contributed by atoms with E-state index in [1.54, 1.807) is 27.4 Å². The molecule has 0 aliphatic carbocycles. The Kier molecular flexibility index (Phi) is 15.0. The van der Waals surface area contributed by atoms with Crippen LogP contribution >= 0.6 is 0 Å². The zero-order valence-electron chi connectivity index (χ0n) is 75.7. The molecule has 104 heavy (non-hydrogen) atoms. The third-order valence-electron chi connectivity index (χ3n) is 16.6. The molecule has 0 atom stereocenters. The normalized spacial score (nSPS) is 17.0. The molecule has 544 valence electrons. The standard InChI is InChI=1S/8C8H9N3O2/c8*1-10-6-5(3-4-9-6)7(12)11(2)8(10)13/h8*4H,3H2,1-2H3/i2*1D3,4D;2*4D;1+1D3;2*1D3;. The minimum Gasteiger partial charge on any atom is -0.281 e. The van der Waals surface area contributed by atoms with E-state index in [9.17, 15) is 76.7 Å². The van der Waals surface area contributed by atoms with Gasteiger partial charge in [-0.1, -0.05) is 0 Å². The van der Waals surface area contributed by atoms with Crippen LogP contribution < -0.4 is 90.0 Å². The lowest BCUT2D eigenvalue weighted by atomic mass is 10.2. The van der Waals surface area contributed by atoms with E-state index in [2.05, 4.69) is 39.9 Å². The van der Waals surface area contributed by atoms with Gasteiger partial charge in [0, 0.05) is 234 Å². The van der Waals surface area contributed by atoms with E-state index in [1.165, 1.54) is 88.7 Å². The van der Waals surface area contributed by atoms with Crippen LogP contribution in [0.25, 0.3) is 0 Å². The van der Waals surface area contributed by atoms with Crippen molar-refractivity contribution in [2.24, 2.45) is 152 Å². The van der Waals surface area contributed by atoms with Crippen LogP contribution in [-0.2, 0) is 164 Å². The van der Waals surface area contributed by atoms with Crippen LogP contribution in [0, 0.1) is 0 Å². The topological polar surface area (TPSA) is 451 Å². The molecule has 0 saturated heterocycles. The van der Waals surface area contributed by atoms with Crippen LogP contribution in [0.4, 0.5) is 46.5 Å². The third-order valence-corrected chi connectivity index (χ3v) is 16.6. The first-order valence-electron chi connectivity index (χ1n) is 39.6. The predicted molar refractivity (Wildman–Crippen MR) is 390 cm³/mol. The van der Waals surface area contributed by atoms with Crippen molar-refractivity contribution in [3.63, 3.8) is 0 Å². The Morgan fingerprint density at radius 1 is 0.212 bits per heavy atom. The van der Waals surface area contributed by atoms with Crippen molar-refractivity contribution in [2.45, 2.75) is 51.4 Å². The molecule has 0 unspecified atom stereocenters. The van der Waals surface area contributed by atoms with Crippen molar-refractivity contribution in [1.82, 2.24) is 73.1 Å². The molecule has 16 rings (SSSR count). The zero-order valence-corrected chi connectivity index (χ0v) is 56.7. The van der Waals surface area contributed by atoms with Crippen molar-refractivity contribution in [3.8, 4) is 0 Å². The van der Waals surface area contributed by atoms with Gasteiger partial charge in [-0.05, 0) is 0 Å². The molecule has 40 nitrogen and oxygen atoms in total. The van der Waals surface area contributed by atoms with Gasteiger partial charge >= 0.3 is 45.5 Å². The van der Waals surface area contributed by atoms with Gasteiger partial charge in [-0.15, -0.1) is 0 Å².